The van der Waals surface area contributed by atoms with Gasteiger partial charge in [0.15, 0.2) is 0 Å². The third kappa shape index (κ3) is 3.36. The highest BCUT2D eigenvalue weighted by Gasteiger charge is 2.40. The molecule has 2 nitrogen and oxygen atoms in total. The second-order valence-electron chi connectivity index (χ2n) is 5.60. The first kappa shape index (κ1) is 15.8. The summed E-state index contributed by atoms with van der Waals surface area (Å²) < 4.78 is 5.07. The number of halogens is 1. The highest BCUT2D eigenvalue weighted by atomic mass is 35.5. The Labute approximate surface area is 131 Å². The zero-order chi connectivity index (χ0) is 15.5. The summed E-state index contributed by atoms with van der Waals surface area (Å²) in [6.07, 6.45) is 0. The normalized spacial score (nSPS) is 12.8. The quantitative estimate of drug-likeness (QED) is 0.634. The Kier molecular flexibility index (Phi) is 4.86. The minimum atomic E-state index is -2.07. The van der Waals surface area contributed by atoms with Gasteiger partial charge in [-0.3, -0.25) is 4.79 Å². The Balaban J connectivity index is 2.50. The minimum absolute atomic E-state index is 0.183. The van der Waals surface area contributed by atoms with E-state index in [9.17, 15) is 4.79 Å². The molecular weight excluding hydrogens is 300 g/mol. The number of hydrogen-bond donors (Lipinski definition) is 0. The highest BCUT2D eigenvalue weighted by molar-refractivity contribution is 6.93. The maximum Gasteiger partial charge on any atom is 0.310 e. The number of esters is 1. The van der Waals surface area contributed by atoms with Crippen molar-refractivity contribution in [3.05, 3.63) is 65.2 Å². The Morgan fingerprint density at radius 3 is 2.14 bits per heavy atom. The van der Waals surface area contributed by atoms with Gasteiger partial charge in [-0.1, -0.05) is 72.3 Å². The summed E-state index contributed by atoms with van der Waals surface area (Å²) in [5.74, 6) is -0.183. The van der Waals surface area contributed by atoms with E-state index in [0.29, 0.717) is 5.02 Å². The molecule has 0 saturated heterocycles. The molecule has 0 saturated carbocycles. The van der Waals surface area contributed by atoms with Crippen LogP contribution in [0.1, 0.15) is 11.1 Å². The molecule has 21 heavy (non-hydrogen) atoms. The third-order valence-electron chi connectivity index (χ3n) is 3.88. The molecule has 0 aromatic heterocycles. The Morgan fingerprint density at radius 1 is 1.05 bits per heavy atom. The van der Waals surface area contributed by atoms with Crippen molar-refractivity contribution in [1.82, 2.24) is 0 Å². The zero-order valence-electron chi connectivity index (χ0n) is 12.5. The Morgan fingerprint density at radius 2 is 1.62 bits per heavy atom. The predicted octanol–water partition coefficient (Wildman–Crippen LogP) is 3.75. The van der Waals surface area contributed by atoms with Gasteiger partial charge >= 0.3 is 5.97 Å². The van der Waals surface area contributed by atoms with Gasteiger partial charge in [-0.05, 0) is 17.7 Å². The average Bonchev–Trinajstić information content (AvgIpc) is 2.50. The molecule has 1 unspecified atom stereocenters. The van der Waals surface area contributed by atoms with Crippen LogP contribution < -0.4 is 5.19 Å². The van der Waals surface area contributed by atoms with Crippen LogP contribution in [0.2, 0.25) is 18.1 Å². The minimum Gasteiger partial charge on any atom is -0.469 e. The third-order valence-corrected chi connectivity index (χ3v) is 7.97. The molecular formula is C17H19ClO2Si. The smallest absolute Gasteiger partial charge is 0.310 e. The van der Waals surface area contributed by atoms with E-state index in [-0.39, 0.29) is 11.5 Å². The lowest BCUT2D eigenvalue weighted by molar-refractivity contribution is -0.140. The van der Waals surface area contributed by atoms with E-state index in [2.05, 4.69) is 25.2 Å². The van der Waals surface area contributed by atoms with E-state index >= 15 is 0 Å². The van der Waals surface area contributed by atoms with Crippen LogP contribution in [0.4, 0.5) is 0 Å². The topological polar surface area (TPSA) is 26.3 Å². The Hall–Kier alpha value is -1.58. The summed E-state index contributed by atoms with van der Waals surface area (Å²) in [7, 11) is -0.624. The molecule has 0 spiro atoms. The van der Waals surface area contributed by atoms with Crippen molar-refractivity contribution in [2.75, 3.05) is 7.11 Å². The summed E-state index contributed by atoms with van der Waals surface area (Å²) >= 11 is 5.96. The van der Waals surface area contributed by atoms with Gasteiger partial charge in [0.1, 0.15) is 8.07 Å². The molecule has 0 radical (unpaired) electrons. The molecule has 0 aliphatic carbocycles. The van der Waals surface area contributed by atoms with Crippen molar-refractivity contribution >= 4 is 30.8 Å². The fourth-order valence-corrected chi connectivity index (χ4v) is 5.90. The van der Waals surface area contributed by atoms with Gasteiger partial charge in [0.2, 0.25) is 0 Å². The average molecular weight is 319 g/mol. The summed E-state index contributed by atoms with van der Waals surface area (Å²) in [5.41, 5.74) is 0.717. The van der Waals surface area contributed by atoms with Crippen molar-refractivity contribution in [2.45, 2.75) is 18.6 Å². The van der Waals surface area contributed by atoms with E-state index in [4.69, 9.17) is 16.3 Å². The number of methoxy groups -OCH3 is 1. The van der Waals surface area contributed by atoms with Gasteiger partial charge in [0.05, 0.1) is 12.7 Å². The van der Waals surface area contributed by atoms with Crippen LogP contribution in [0.25, 0.3) is 0 Å². The second kappa shape index (κ2) is 6.46. The van der Waals surface area contributed by atoms with Crippen molar-refractivity contribution in [3.8, 4) is 0 Å². The molecule has 0 aliphatic heterocycles. The Bertz CT molecular complexity index is 608. The highest BCUT2D eigenvalue weighted by Crippen LogP contribution is 2.29. The monoisotopic (exact) mass is 318 g/mol. The second-order valence-corrected chi connectivity index (χ2v) is 10.6. The largest absolute Gasteiger partial charge is 0.469 e. The van der Waals surface area contributed by atoms with Crippen LogP contribution in [-0.4, -0.2) is 21.2 Å². The first-order chi connectivity index (χ1) is 9.96. The van der Waals surface area contributed by atoms with Gasteiger partial charge in [-0.15, -0.1) is 0 Å². The molecule has 1 atom stereocenters. The molecule has 2 rings (SSSR count). The summed E-state index contributed by atoms with van der Waals surface area (Å²) in [6, 6.07) is 17.7. The fraction of sp³-hybridized carbons (Fsp3) is 0.235. The molecule has 0 aliphatic rings. The van der Waals surface area contributed by atoms with Crippen molar-refractivity contribution in [1.29, 1.82) is 0 Å². The van der Waals surface area contributed by atoms with E-state index < -0.39 is 8.07 Å². The van der Waals surface area contributed by atoms with E-state index in [1.165, 1.54) is 12.3 Å². The van der Waals surface area contributed by atoms with Gasteiger partial charge in [0.25, 0.3) is 0 Å². The lowest BCUT2D eigenvalue weighted by Gasteiger charge is -2.31. The molecule has 110 valence electrons. The predicted molar refractivity (Wildman–Crippen MR) is 89.8 cm³/mol. The first-order valence-electron chi connectivity index (χ1n) is 6.85. The maximum atomic E-state index is 12.4. The fourth-order valence-electron chi connectivity index (χ4n) is 2.65. The summed E-state index contributed by atoms with van der Waals surface area (Å²) in [5, 5.41) is 1.90. The van der Waals surface area contributed by atoms with Crippen LogP contribution in [0.15, 0.2) is 54.6 Å². The first-order valence-corrected chi connectivity index (χ1v) is 10.3. The number of carbonyl (C=O) groups excluding carboxylic acids is 1. The van der Waals surface area contributed by atoms with Crippen LogP contribution in [0.3, 0.4) is 0 Å². The number of carbonyl (C=O) groups is 1. The van der Waals surface area contributed by atoms with Crippen LogP contribution in [0.5, 0.6) is 0 Å². The number of rotatable bonds is 4. The molecule has 0 N–H and O–H groups in total. The molecule has 0 bridgehead atoms. The maximum absolute atomic E-state index is 12.4. The van der Waals surface area contributed by atoms with E-state index in [1.807, 2.05) is 42.5 Å². The number of ether oxygens (including phenoxy) is 1. The van der Waals surface area contributed by atoms with Gasteiger partial charge < -0.3 is 4.74 Å². The van der Waals surface area contributed by atoms with Gasteiger partial charge in [0, 0.05) is 5.02 Å². The van der Waals surface area contributed by atoms with Crippen molar-refractivity contribution in [2.24, 2.45) is 0 Å². The van der Waals surface area contributed by atoms with Crippen LogP contribution >= 0.6 is 11.6 Å². The van der Waals surface area contributed by atoms with Crippen molar-refractivity contribution < 1.29 is 9.53 Å². The standard InChI is InChI=1S/C17H19ClO2Si/c1-20-17(19)16(13-9-11-14(18)12-10-13)21(2,3)15-7-5-4-6-8-15/h4-12,16H,1-3H3. The van der Waals surface area contributed by atoms with Crippen LogP contribution in [0, 0.1) is 0 Å². The van der Waals surface area contributed by atoms with Gasteiger partial charge in [-0.2, -0.15) is 0 Å². The summed E-state index contributed by atoms with van der Waals surface area (Å²) in [4.78, 5) is 12.4. The van der Waals surface area contributed by atoms with Crippen LogP contribution in [-0.2, 0) is 9.53 Å². The number of benzene rings is 2. The van der Waals surface area contributed by atoms with Crippen molar-refractivity contribution in [3.63, 3.8) is 0 Å². The molecule has 2 aromatic carbocycles. The lowest BCUT2D eigenvalue weighted by atomic mass is 10.1. The summed E-state index contributed by atoms with van der Waals surface area (Å²) in [6.45, 7) is 4.39. The molecule has 0 amide bonds. The molecule has 2 aromatic rings. The number of hydrogen-bond acceptors (Lipinski definition) is 2. The molecule has 0 fully saturated rings. The van der Waals surface area contributed by atoms with Gasteiger partial charge in [-0.25, -0.2) is 0 Å². The zero-order valence-corrected chi connectivity index (χ0v) is 14.2. The SMILES string of the molecule is COC(=O)C(c1ccc(Cl)cc1)[Si](C)(C)c1ccccc1. The molecule has 0 heterocycles. The lowest BCUT2D eigenvalue weighted by Crippen LogP contribution is -2.50. The van der Waals surface area contributed by atoms with E-state index in [0.717, 1.165) is 5.56 Å². The molecule has 4 heteroatoms. The van der Waals surface area contributed by atoms with E-state index in [1.54, 1.807) is 0 Å².